The van der Waals surface area contributed by atoms with Crippen LogP contribution in [-0.2, 0) is 0 Å². The molecule has 8 heteroatoms. The number of hydrogen-bond acceptors (Lipinski definition) is 6. The Hall–Kier alpha value is -2.22. The maximum Gasteiger partial charge on any atom is 0.268 e. The molecule has 1 aromatic heterocycles. The lowest BCUT2D eigenvalue weighted by atomic mass is 10.1. The Morgan fingerprint density at radius 2 is 2.04 bits per heavy atom. The van der Waals surface area contributed by atoms with E-state index in [1.165, 1.54) is 20.5 Å². The van der Waals surface area contributed by atoms with Crippen LogP contribution in [0.15, 0.2) is 18.5 Å². The molecule has 1 unspecified atom stereocenters. The molecule has 6 nitrogen and oxygen atoms in total. The van der Waals surface area contributed by atoms with Gasteiger partial charge >= 0.3 is 0 Å². The van der Waals surface area contributed by atoms with Gasteiger partial charge < -0.3 is 19.5 Å². The molecule has 1 aromatic carbocycles. The summed E-state index contributed by atoms with van der Waals surface area (Å²) in [6.07, 6.45) is -1.46. The molecule has 1 N–H and O–H groups in total. The third-order valence-electron chi connectivity index (χ3n) is 4.10. The van der Waals surface area contributed by atoms with Crippen LogP contribution in [-0.4, -0.2) is 54.4 Å². The fourth-order valence-corrected chi connectivity index (χ4v) is 2.80. The van der Waals surface area contributed by atoms with Crippen LogP contribution in [0.1, 0.15) is 6.42 Å². The number of benzene rings is 1. The Morgan fingerprint density at radius 3 is 2.65 bits per heavy atom. The number of methoxy groups -OCH3 is 2. The van der Waals surface area contributed by atoms with Crippen LogP contribution in [0.3, 0.4) is 0 Å². The van der Waals surface area contributed by atoms with Gasteiger partial charge in [0.15, 0.2) is 0 Å². The fraction of sp³-hybridized carbons (Fsp3) is 0.467. The SMILES string of the molecule is COc1cc(OC)c2ncnc(N3CCC(O)(C(F)F)C3)c2c1. The van der Waals surface area contributed by atoms with Crippen molar-refractivity contribution in [2.24, 2.45) is 0 Å². The van der Waals surface area contributed by atoms with E-state index in [-0.39, 0.29) is 19.5 Å². The Bertz CT molecular complexity index is 728. The number of β-amino-alcohol motifs (C(OH)–C–C–N with tert-alkyl or cyclic N) is 1. The Labute approximate surface area is 131 Å². The molecular weight excluding hydrogens is 308 g/mol. The molecule has 0 radical (unpaired) electrons. The van der Waals surface area contributed by atoms with Gasteiger partial charge in [-0.2, -0.15) is 0 Å². The molecule has 0 bridgehead atoms. The maximum atomic E-state index is 13.0. The molecule has 3 rings (SSSR count). The van der Waals surface area contributed by atoms with E-state index in [0.717, 1.165) is 0 Å². The van der Waals surface area contributed by atoms with Crippen LogP contribution in [0.4, 0.5) is 14.6 Å². The third kappa shape index (κ3) is 2.63. The van der Waals surface area contributed by atoms with Gasteiger partial charge in [-0.25, -0.2) is 18.7 Å². The van der Waals surface area contributed by atoms with Crippen LogP contribution >= 0.6 is 0 Å². The van der Waals surface area contributed by atoms with Gasteiger partial charge in [0.25, 0.3) is 6.43 Å². The minimum Gasteiger partial charge on any atom is -0.497 e. The summed E-state index contributed by atoms with van der Waals surface area (Å²) in [5.41, 5.74) is -1.45. The maximum absolute atomic E-state index is 13.0. The first kappa shape index (κ1) is 15.7. The second kappa shape index (κ2) is 5.77. The first-order valence-electron chi connectivity index (χ1n) is 7.10. The summed E-state index contributed by atoms with van der Waals surface area (Å²) in [6.45, 7) is 0.1000. The number of anilines is 1. The Kier molecular flexibility index (Phi) is 3.93. The second-order valence-electron chi connectivity index (χ2n) is 5.50. The van der Waals surface area contributed by atoms with Crippen molar-refractivity contribution in [1.29, 1.82) is 0 Å². The summed E-state index contributed by atoms with van der Waals surface area (Å²) < 4.78 is 36.6. The molecule has 0 spiro atoms. The van der Waals surface area contributed by atoms with Crippen LogP contribution in [0.2, 0.25) is 0 Å². The van der Waals surface area contributed by atoms with E-state index >= 15 is 0 Å². The predicted molar refractivity (Wildman–Crippen MR) is 80.4 cm³/mol. The summed E-state index contributed by atoms with van der Waals surface area (Å²) in [4.78, 5) is 10.0. The van der Waals surface area contributed by atoms with Gasteiger partial charge in [-0.1, -0.05) is 0 Å². The van der Waals surface area contributed by atoms with E-state index in [2.05, 4.69) is 9.97 Å². The molecule has 1 atom stereocenters. The highest BCUT2D eigenvalue weighted by Crippen LogP contribution is 2.37. The number of fused-ring (bicyclic) bond motifs is 1. The molecule has 0 aliphatic carbocycles. The van der Waals surface area contributed by atoms with Gasteiger partial charge in [0.1, 0.15) is 34.8 Å². The minimum atomic E-state index is -2.80. The lowest BCUT2D eigenvalue weighted by molar-refractivity contribution is -0.0800. The summed E-state index contributed by atoms with van der Waals surface area (Å²) in [5, 5.41) is 10.6. The number of aromatic nitrogens is 2. The summed E-state index contributed by atoms with van der Waals surface area (Å²) >= 11 is 0. The number of ether oxygens (including phenoxy) is 2. The van der Waals surface area contributed by atoms with E-state index in [1.807, 2.05) is 0 Å². The fourth-order valence-electron chi connectivity index (χ4n) is 2.80. The van der Waals surface area contributed by atoms with Gasteiger partial charge in [0.05, 0.1) is 26.2 Å². The Balaban J connectivity index is 2.08. The van der Waals surface area contributed by atoms with Gasteiger partial charge in [-0.3, -0.25) is 0 Å². The number of nitrogens with zero attached hydrogens (tertiary/aromatic N) is 3. The van der Waals surface area contributed by atoms with Crippen molar-refractivity contribution in [3.8, 4) is 11.5 Å². The standard InChI is InChI=1S/C15H17F2N3O3/c1-22-9-5-10-12(11(6-9)23-2)18-8-19-13(10)20-4-3-15(21,7-20)14(16)17/h5-6,8,14,21H,3-4,7H2,1-2H3. The van der Waals surface area contributed by atoms with Crippen molar-refractivity contribution in [3.05, 3.63) is 18.5 Å². The zero-order valence-corrected chi connectivity index (χ0v) is 12.8. The number of halogens is 2. The van der Waals surface area contributed by atoms with Crippen molar-refractivity contribution in [3.63, 3.8) is 0 Å². The van der Waals surface area contributed by atoms with Gasteiger partial charge in [0.2, 0.25) is 0 Å². The molecular formula is C15H17F2N3O3. The van der Waals surface area contributed by atoms with Crippen LogP contribution in [0.5, 0.6) is 11.5 Å². The monoisotopic (exact) mass is 325 g/mol. The summed E-state index contributed by atoms with van der Waals surface area (Å²) in [7, 11) is 3.04. The van der Waals surface area contributed by atoms with Crippen molar-refractivity contribution < 1.29 is 23.4 Å². The molecule has 2 heterocycles. The highest BCUT2D eigenvalue weighted by molar-refractivity contribution is 5.94. The summed E-state index contributed by atoms with van der Waals surface area (Å²) in [5.74, 6) is 1.53. The topological polar surface area (TPSA) is 67.7 Å². The number of aliphatic hydroxyl groups is 1. The quantitative estimate of drug-likeness (QED) is 0.925. The van der Waals surface area contributed by atoms with E-state index in [1.54, 1.807) is 17.0 Å². The predicted octanol–water partition coefficient (Wildman–Crippen LogP) is 1.85. The van der Waals surface area contributed by atoms with Gasteiger partial charge in [0, 0.05) is 19.0 Å². The first-order chi connectivity index (χ1) is 11.0. The largest absolute Gasteiger partial charge is 0.497 e. The summed E-state index contributed by atoms with van der Waals surface area (Å²) in [6, 6.07) is 3.42. The molecule has 1 aliphatic heterocycles. The average Bonchev–Trinajstić information content (AvgIpc) is 2.96. The lowest BCUT2D eigenvalue weighted by Gasteiger charge is -2.23. The van der Waals surface area contributed by atoms with E-state index in [4.69, 9.17) is 9.47 Å². The molecule has 1 saturated heterocycles. The number of rotatable bonds is 4. The van der Waals surface area contributed by atoms with Crippen LogP contribution in [0.25, 0.3) is 10.9 Å². The lowest BCUT2D eigenvalue weighted by Crippen LogP contribution is -2.40. The first-order valence-corrected chi connectivity index (χ1v) is 7.10. The smallest absolute Gasteiger partial charge is 0.268 e. The van der Waals surface area contributed by atoms with Crippen molar-refractivity contribution in [2.75, 3.05) is 32.2 Å². The Morgan fingerprint density at radius 1 is 1.26 bits per heavy atom. The molecule has 2 aromatic rings. The average molecular weight is 325 g/mol. The molecule has 0 amide bonds. The third-order valence-corrected chi connectivity index (χ3v) is 4.10. The second-order valence-corrected chi connectivity index (χ2v) is 5.50. The van der Waals surface area contributed by atoms with Crippen molar-refractivity contribution in [2.45, 2.75) is 18.4 Å². The molecule has 23 heavy (non-hydrogen) atoms. The minimum absolute atomic E-state index is 0.0166. The molecule has 0 saturated carbocycles. The van der Waals surface area contributed by atoms with Crippen LogP contribution < -0.4 is 14.4 Å². The molecule has 124 valence electrons. The van der Waals surface area contributed by atoms with E-state index in [9.17, 15) is 13.9 Å². The highest BCUT2D eigenvalue weighted by atomic mass is 19.3. The van der Waals surface area contributed by atoms with Gasteiger partial charge in [-0.05, 0) is 6.07 Å². The normalized spacial score (nSPS) is 21.2. The number of hydrogen-bond donors (Lipinski definition) is 1. The van der Waals surface area contributed by atoms with Gasteiger partial charge in [-0.15, -0.1) is 0 Å². The zero-order valence-electron chi connectivity index (χ0n) is 12.8. The molecule has 1 fully saturated rings. The van der Waals surface area contributed by atoms with Crippen LogP contribution in [0, 0.1) is 0 Å². The van der Waals surface area contributed by atoms with E-state index < -0.39 is 12.0 Å². The van der Waals surface area contributed by atoms with Crippen molar-refractivity contribution >= 4 is 16.7 Å². The number of alkyl halides is 2. The van der Waals surface area contributed by atoms with E-state index in [0.29, 0.717) is 28.2 Å². The highest BCUT2D eigenvalue weighted by Gasteiger charge is 2.44. The van der Waals surface area contributed by atoms with Crippen molar-refractivity contribution in [1.82, 2.24) is 9.97 Å². The molecule has 1 aliphatic rings. The zero-order chi connectivity index (χ0) is 16.6.